The van der Waals surface area contributed by atoms with Gasteiger partial charge in [-0.25, -0.2) is 4.79 Å². The Balaban J connectivity index is 2.89. The van der Waals surface area contributed by atoms with Gasteiger partial charge in [0.25, 0.3) is 0 Å². The average molecular weight is 246 g/mol. The fraction of sp³-hybridized carbons (Fsp3) is 0.438. The van der Waals surface area contributed by atoms with Gasteiger partial charge in [-0.15, -0.1) is 0 Å². The van der Waals surface area contributed by atoms with Gasteiger partial charge in [0.05, 0.1) is 6.61 Å². The van der Waals surface area contributed by atoms with E-state index in [4.69, 9.17) is 4.74 Å². The van der Waals surface area contributed by atoms with E-state index in [9.17, 15) is 4.79 Å². The first-order valence-electron chi connectivity index (χ1n) is 6.30. The van der Waals surface area contributed by atoms with Gasteiger partial charge in [-0.1, -0.05) is 45.0 Å². The number of rotatable bonds is 3. The van der Waals surface area contributed by atoms with Crippen LogP contribution in [0.5, 0.6) is 0 Å². The van der Waals surface area contributed by atoms with Crippen LogP contribution < -0.4 is 0 Å². The topological polar surface area (TPSA) is 26.3 Å². The van der Waals surface area contributed by atoms with Gasteiger partial charge in [-0.05, 0) is 36.0 Å². The van der Waals surface area contributed by atoms with Gasteiger partial charge in [0, 0.05) is 6.08 Å². The summed E-state index contributed by atoms with van der Waals surface area (Å²) in [5, 5.41) is 0. The van der Waals surface area contributed by atoms with Crippen molar-refractivity contribution in [3.63, 3.8) is 0 Å². The van der Waals surface area contributed by atoms with E-state index in [1.807, 2.05) is 19.1 Å². The Bertz CT molecular complexity index is 433. The minimum absolute atomic E-state index is 0.150. The molecule has 0 saturated carbocycles. The molecule has 0 heterocycles. The molecule has 0 N–H and O–H groups in total. The molecule has 0 aromatic heterocycles. The second kappa shape index (κ2) is 5.85. The maximum Gasteiger partial charge on any atom is 0.331 e. The minimum atomic E-state index is -0.283. The maximum absolute atomic E-state index is 11.4. The lowest BCUT2D eigenvalue weighted by Gasteiger charge is -2.19. The molecule has 18 heavy (non-hydrogen) atoms. The molecule has 0 atom stereocenters. The molecule has 0 fully saturated rings. The Morgan fingerprint density at radius 3 is 2.22 bits per heavy atom. The van der Waals surface area contributed by atoms with Crippen LogP contribution in [0.15, 0.2) is 30.3 Å². The first-order chi connectivity index (χ1) is 8.34. The summed E-state index contributed by atoms with van der Waals surface area (Å²) in [7, 11) is 0. The lowest BCUT2D eigenvalue weighted by Crippen LogP contribution is -2.10. The predicted molar refractivity (Wildman–Crippen MR) is 75.4 cm³/mol. The first-order valence-corrected chi connectivity index (χ1v) is 6.30. The quantitative estimate of drug-likeness (QED) is 0.596. The van der Waals surface area contributed by atoms with Gasteiger partial charge in [-0.3, -0.25) is 0 Å². The molecule has 0 unspecified atom stereocenters. The number of ether oxygens (including phenoxy) is 1. The fourth-order valence-corrected chi connectivity index (χ4v) is 1.68. The predicted octanol–water partition coefficient (Wildman–Crippen LogP) is 3.95. The van der Waals surface area contributed by atoms with Crippen molar-refractivity contribution in [1.29, 1.82) is 0 Å². The van der Waals surface area contributed by atoms with Crippen molar-refractivity contribution < 1.29 is 9.53 Å². The third kappa shape index (κ3) is 4.02. The third-order valence-electron chi connectivity index (χ3n) is 2.83. The summed E-state index contributed by atoms with van der Waals surface area (Å²) in [5.74, 6) is -0.283. The van der Waals surface area contributed by atoms with E-state index in [-0.39, 0.29) is 11.4 Å². The van der Waals surface area contributed by atoms with Crippen molar-refractivity contribution in [2.24, 2.45) is 0 Å². The second-order valence-corrected chi connectivity index (χ2v) is 5.41. The Morgan fingerprint density at radius 1 is 1.22 bits per heavy atom. The van der Waals surface area contributed by atoms with E-state index >= 15 is 0 Å². The Kier molecular flexibility index (Phi) is 4.71. The largest absolute Gasteiger partial charge is 0.463 e. The van der Waals surface area contributed by atoms with Crippen molar-refractivity contribution >= 4 is 11.5 Å². The van der Waals surface area contributed by atoms with Crippen LogP contribution in [0.2, 0.25) is 0 Å². The molecule has 0 aliphatic carbocycles. The summed E-state index contributed by atoms with van der Waals surface area (Å²) < 4.78 is 4.90. The maximum atomic E-state index is 11.4. The molecule has 0 amide bonds. The highest BCUT2D eigenvalue weighted by atomic mass is 16.5. The highest BCUT2D eigenvalue weighted by Gasteiger charge is 2.13. The molecule has 2 nitrogen and oxygen atoms in total. The van der Waals surface area contributed by atoms with Crippen LogP contribution in [-0.4, -0.2) is 12.6 Å². The monoisotopic (exact) mass is 246 g/mol. The van der Waals surface area contributed by atoms with Gasteiger partial charge >= 0.3 is 5.97 Å². The van der Waals surface area contributed by atoms with Crippen LogP contribution in [0.25, 0.3) is 5.57 Å². The number of hydrogen-bond donors (Lipinski definition) is 0. The molecule has 1 aromatic carbocycles. The Hall–Kier alpha value is -1.57. The molecule has 98 valence electrons. The van der Waals surface area contributed by atoms with Crippen molar-refractivity contribution in [1.82, 2.24) is 0 Å². The van der Waals surface area contributed by atoms with Crippen LogP contribution in [0, 0.1) is 0 Å². The molecule has 2 heteroatoms. The zero-order chi connectivity index (χ0) is 13.8. The number of benzene rings is 1. The fourth-order valence-electron chi connectivity index (χ4n) is 1.68. The lowest BCUT2D eigenvalue weighted by atomic mass is 9.86. The zero-order valence-corrected chi connectivity index (χ0v) is 11.9. The van der Waals surface area contributed by atoms with E-state index in [1.165, 1.54) is 11.6 Å². The molecule has 0 saturated heterocycles. The molecule has 1 rings (SSSR count). The van der Waals surface area contributed by atoms with Crippen LogP contribution in [-0.2, 0) is 14.9 Å². The molecule has 0 aliphatic heterocycles. The SMILES string of the molecule is CCOC(=O)C=C(C)c1ccc(C(C)(C)C)cc1. The standard InChI is InChI=1S/C16H22O2/c1-6-18-15(17)11-12(2)13-7-9-14(10-8-13)16(3,4)5/h7-11H,6H2,1-5H3. The van der Waals surface area contributed by atoms with E-state index in [2.05, 4.69) is 32.9 Å². The van der Waals surface area contributed by atoms with Crippen LogP contribution >= 0.6 is 0 Å². The zero-order valence-electron chi connectivity index (χ0n) is 11.9. The summed E-state index contributed by atoms with van der Waals surface area (Å²) in [4.78, 5) is 11.4. The summed E-state index contributed by atoms with van der Waals surface area (Å²) in [6.07, 6.45) is 1.54. The highest BCUT2D eigenvalue weighted by Crippen LogP contribution is 2.24. The average Bonchev–Trinajstić information content (AvgIpc) is 2.28. The smallest absolute Gasteiger partial charge is 0.331 e. The summed E-state index contributed by atoms with van der Waals surface area (Å²) in [5.41, 5.74) is 3.41. The van der Waals surface area contributed by atoms with Gasteiger partial charge in [0.15, 0.2) is 0 Å². The Labute approximate surface area is 110 Å². The second-order valence-electron chi connectivity index (χ2n) is 5.41. The summed E-state index contributed by atoms with van der Waals surface area (Å²) in [6, 6.07) is 8.31. The summed E-state index contributed by atoms with van der Waals surface area (Å²) >= 11 is 0. The van der Waals surface area contributed by atoms with Gasteiger partial charge in [0.1, 0.15) is 0 Å². The highest BCUT2D eigenvalue weighted by molar-refractivity contribution is 5.90. The normalized spacial score (nSPS) is 12.4. The van der Waals surface area contributed by atoms with Gasteiger partial charge in [-0.2, -0.15) is 0 Å². The molecule has 0 aliphatic rings. The van der Waals surface area contributed by atoms with Crippen molar-refractivity contribution in [3.05, 3.63) is 41.5 Å². The molecular formula is C16H22O2. The van der Waals surface area contributed by atoms with Crippen molar-refractivity contribution in [2.45, 2.75) is 40.0 Å². The lowest BCUT2D eigenvalue weighted by molar-refractivity contribution is -0.137. The molecular weight excluding hydrogens is 224 g/mol. The molecule has 1 aromatic rings. The number of carbonyl (C=O) groups is 1. The van der Waals surface area contributed by atoms with Crippen LogP contribution in [0.4, 0.5) is 0 Å². The number of allylic oxidation sites excluding steroid dienone is 1. The van der Waals surface area contributed by atoms with E-state index in [1.54, 1.807) is 6.92 Å². The van der Waals surface area contributed by atoms with E-state index < -0.39 is 0 Å². The summed E-state index contributed by atoms with van der Waals surface area (Å²) in [6.45, 7) is 10.7. The molecule has 0 radical (unpaired) electrons. The molecule has 0 bridgehead atoms. The van der Waals surface area contributed by atoms with E-state index in [0.29, 0.717) is 6.61 Å². The number of esters is 1. The minimum Gasteiger partial charge on any atom is -0.463 e. The van der Waals surface area contributed by atoms with Crippen molar-refractivity contribution in [2.75, 3.05) is 6.61 Å². The third-order valence-corrected chi connectivity index (χ3v) is 2.83. The Morgan fingerprint density at radius 2 is 1.78 bits per heavy atom. The van der Waals surface area contributed by atoms with Gasteiger partial charge in [0.2, 0.25) is 0 Å². The first kappa shape index (κ1) is 14.5. The van der Waals surface area contributed by atoms with Crippen LogP contribution in [0.1, 0.15) is 45.7 Å². The molecule has 0 spiro atoms. The number of hydrogen-bond acceptors (Lipinski definition) is 2. The van der Waals surface area contributed by atoms with E-state index in [0.717, 1.165) is 11.1 Å². The van der Waals surface area contributed by atoms with Crippen molar-refractivity contribution in [3.8, 4) is 0 Å². The van der Waals surface area contributed by atoms with Gasteiger partial charge < -0.3 is 4.74 Å². The van der Waals surface area contributed by atoms with Crippen LogP contribution in [0.3, 0.4) is 0 Å². The number of carbonyl (C=O) groups excluding carboxylic acids is 1.